The summed E-state index contributed by atoms with van der Waals surface area (Å²) in [6.07, 6.45) is -2.14. The second kappa shape index (κ2) is 10.9. The Balaban J connectivity index is 1.44. The van der Waals surface area contributed by atoms with Gasteiger partial charge < -0.3 is 30.5 Å². The molecule has 4 N–H and O–H groups in total. The van der Waals surface area contributed by atoms with Crippen LogP contribution in [-0.2, 0) is 10.9 Å². The molecule has 3 saturated heterocycles. The number of benzene rings is 2. The number of aliphatic hydroxyl groups is 1. The highest BCUT2D eigenvalue weighted by Crippen LogP contribution is 2.46. The lowest BCUT2D eigenvalue weighted by atomic mass is 9.82. The molecule has 7 rings (SSSR count). The summed E-state index contributed by atoms with van der Waals surface area (Å²) in [5, 5.41) is 13.4. The Morgan fingerprint density at radius 3 is 2.50 bits per heavy atom. The number of fused-ring (bicyclic) bond motifs is 4. The van der Waals surface area contributed by atoms with E-state index in [9.17, 15) is 22.7 Å². The average Bonchev–Trinajstić information content (AvgIpc) is 3.57. The predicted octanol–water partition coefficient (Wildman–Crippen LogP) is 4.89. The van der Waals surface area contributed by atoms with E-state index < -0.39 is 34.4 Å². The third kappa shape index (κ3) is 5.08. The minimum atomic E-state index is -4.99. The molecule has 2 atom stereocenters. The number of alkyl halides is 3. The van der Waals surface area contributed by atoms with Crippen LogP contribution in [-0.4, -0.2) is 71.7 Å². The van der Waals surface area contributed by atoms with E-state index in [4.69, 9.17) is 15.2 Å². The Hall–Kier alpha value is -3.40. The van der Waals surface area contributed by atoms with Gasteiger partial charge in [0.2, 0.25) is 0 Å². The number of nitrogen functional groups attached to an aromatic ring is 1. The van der Waals surface area contributed by atoms with Crippen LogP contribution in [0, 0.1) is 17.0 Å². The molecule has 3 aliphatic heterocycles. The summed E-state index contributed by atoms with van der Waals surface area (Å²) in [5.74, 6) is -1.86. The van der Waals surface area contributed by atoms with Crippen LogP contribution >= 0.6 is 11.3 Å². The minimum absolute atomic E-state index is 0.0103. The largest absolute Gasteiger partial charge is 0.463 e. The topological polar surface area (TPSA) is 119 Å². The lowest BCUT2D eigenvalue weighted by Crippen LogP contribution is -2.51. The number of nitrogens with zero attached hydrogens (tertiary/aromatic N) is 4. The molecule has 9 nitrogen and oxygen atoms in total. The van der Waals surface area contributed by atoms with Gasteiger partial charge in [-0.25, -0.2) is 13.8 Å². The second-order valence-corrected chi connectivity index (χ2v) is 12.8. The molecular formula is C29H29F5N6O3S. The Labute approximate surface area is 252 Å². The van der Waals surface area contributed by atoms with Gasteiger partial charge in [0.1, 0.15) is 17.2 Å². The van der Waals surface area contributed by atoms with Crippen LogP contribution in [0.25, 0.3) is 32.2 Å². The van der Waals surface area contributed by atoms with Crippen molar-refractivity contribution < 1.29 is 36.5 Å². The molecule has 2 aromatic heterocycles. The van der Waals surface area contributed by atoms with E-state index in [2.05, 4.69) is 20.3 Å². The van der Waals surface area contributed by atoms with Gasteiger partial charge in [0.15, 0.2) is 10.9 Å². The molecule has 4 aromatic rings. The number of nitrogens with one attached hydrogen (secondary N) is 1. The highest BCUT2D eigenvalue weighted by Gasteiger charge is 2.40. The molecule has 3 fully saturated rings. The number of piperazine rings is 1. The van der Waals surface area contributed by atoms with Crippen molar-refractivity contribution in [2.75, 3.05) is 50.2 Å². The number of anilines is 2. The molecule has 0 aliphatic carbocycles. The molecular weight excluding hydrogens is 607 g/mol. The molecule has 2 bridgehead atoms. The van der Waals surface area contributed by atoms with Crippen LogP contribution in [0.1, 0.15) is 31.2 Å². The van der Waals surface area contributed by atoms with E-state index in [1.807, 2.05) is 4.90 Å². The lowest BCUT2D eigenvalue weighted by Gasteiger charge is -2.35. The van der Waals surface area contributed by atoms with E-state index in [1.54, 1.807) is 0 Å². The first-order valence-corrected chi connectivity index (χ1v) is 15.2. The molecule has 2 unspecified atom stereocenters. The summed E-state index contributed by atoms with van der Waals surface area (Å²) in [5.41, 5.74) is 2.27. The molecule has 0 saturated carbocycles. The van der Waals surface area contributed by atoms with Crippen molar-refractivity contribution >= 4 is 43.4 Å². The van der Waals surface area contributed by atoms with Crippen molar-refractivity contribution in [1.29, 1.82) is 0 Å². The van der Waals surface area contributed by atoms with Crippen LogP contribution in [0.15, 0.2) is 18.2 Å². The maximum atomic E-state index is 16.7. The lowest BCUT2D eigenvalue weighted by molar-refractivity contribution is -0.137. The van der Waals surface area contributed by atoms with Crippen molar-refractivity contribution in [3.05, 3.63) is 35.4 Å². The quantitative estimate of drug-likeness (QED) is 0.254. The molecule has 44 heavy (non-hydrogen) atoms. The molecule has 0 radical (unpaired) electrons. The summed E-state index contributed by atoms with van der Waals surface area (Å²) < 4.78 is 86.8. The van der Waals surface area contributed by atoms with Crippen molar-refractivity contribution in [3.63, 3.8) is 0 Å². The van der Waals surface area contributed by atoms with E-state index in [1.165, 1.54) is 0 Å². The number of thiazole rings is 1. The minimum Gasteiger partial charge on any atom is -0.463 e. The van der Waals surface area contributed by atoms with E-state index >= 15 is 4.39 Å². The molecule has 2 aromatic carbocycles. The Bertz CT molecular complexity index is 1730. The number of hydrogen-bond acceptors (Lipinski definition) is 10. The fourth-order valence-electron chi connectivity index (χ4n) is 6.52. The molecule has 0 amide bonds. The normalized spacial score (nSPS) is 21.8. The van der Waals surface area contributed by atoms with E-state index in [0.717, 1.165) is 42.4 Å². The Morgan fingerprint density at radius 2 is 1.82 bits per heavy atom. The van der Waals surface area contributed by atoms with Gasteiger partial charge in [-0.1, -0.05) is 11.3 Å². The maximum Gasteiger partial charge on any atom is 0.417 e. The first-order valence-electron chi connectivity index (χ1n) is 14.3. The SMILES string of the molecule is Nc1nc2c(-c3c(C(F)(F)F)cc4c(N5CC6CCC(C5)N6)nc(OCC5(CO)CCOCC5)nc4c3F)ccc(F)c2s1. The molecule has 0 spiro atoms. The predicted molar refractivity (Wildman–Crippen MR) is 155 cm³/mol. The summed E-state index contributed by atoms with van der Waals surface area (Å²) in [7, 11) is 0. The van der Waals surface area contributed by atoms with Crippen molar-refractivity contribution in [2.24, 2.45) is 5.41 Å². The number of aromatic nitrogens is 3. The first-order chi connectivity index (χ1) is 21.0. The number of nitrogens with two attached hydrogens (primary N) is 1. The summed E-state index contributed by atoms with van der Waals surface area (Å²) in [6, 6.07) is 2.89. The standard InChI is InChI=1S/C29H29F5N6O3S/c30-19-4-3-16(23-24(19)44-26(35)37-23)20-18(29(32,33)34)9-17-22(21(20)31)38-27(43-13-28(12-41)5-7-42-8-6-28)39-25(17)40-10-14-1-2-15(11-40)36-14/h3-4,9,14-15,36,41H,1-2,5-8,10-13H2,(H2,35,37). The van der Waals surface area contributed by atoms with Crippen LogP contribution in [0.2, 0.25) is 0 Å². The number of hydrogen-bond donors (Lipinski definition) is 3. The van der Waals surface area contributed by atoms with E-state index in [-0.39, 0.29) is 68.9 Å². The zero-order valence-electron chi connectivity index (χ0n) is 23.4. The maximum absolute atomic E-state index is 16.7. The second-order valence-electron chi connectivity index (χ2n) is 11.8. The fraction of sp³-hybridized carbons (Fsp3) is 0.483. The molecule has 234 valence electrons. The Kier molecular flexibility index (Phi) is 7.26. The third-order valence-corrected chi connectivity index (χ3v) is 9.78. The van der Waals surface area contributed by atoms with Crippen LogP contribution in [0.4, 0.5) is 32.9 Å². The highest BCUT2D eigenvalue weighted by molar-refractivity contribution is 7.22. The zero-order chi connectivity index (χ0) is 30.8. The van der Waals surface area contributed by atoms with Crippen LogP contribution in [0.5, 0.6) is 6.01 Å². The summed E-state index contributed by atoms with van der Waals surface area (Å²) in [6.45, 7) is 1.62. The molecule has 15 heteroatoms. The fourth-order valence-corrected chi connectivity index (χ4v) is 7.28. The average molecular weight is 637 g/mol. The van der Waals surface area contributed by atoms with Gasteiger partial charge in [0, 0.05) is 60.3 Å². The van der Waals surface area contributed by atoms with Gasteiger partial charge in [0.25, 0.3) is 0 Å². The highest BCUT2D eigenvalue weighted by atomic mass is 32.1. The van der Waals surface area contributed by atoms with E-state index in [0.29, 0.717) is 39.1 Å². The van der Waals surface area contributed by atoms with Crippen LogP contribution < -0.4 is 20.7 Å². The third-order valence-electron chi connectivity index (χ3n) is 8.89. The number of ether oxygens (including phenoxy) is 2. The molecule has 3 aliphatic rings. The van der Waals surface area contributed by atoms with Gasteiger partial charge in [0.05, 0.1) is 29.0 Å². The summed E-state index contributed by atoms with van der Waals surface area (Å²) >= 11 is 0.763. The zero-order valence-corrected chi connectivity index (χ0v) is 24.2. The van der Waals surface area contributed by atoms with Gasteiger partial charge >= 0.3 is 12.2 Å². The van der Waals surface area contributed by atoms with Crippen LogP contribution in [0.3, 0.4) is 0 Å². The van der Waals surface area contributed by atoms with Crippen molar-refractivity contribution in [3.8, 4) is 17.1 Å². The number of rotatable bonds is 6. The number of halogens is 5. The number of aliphatic hydroxyl groups excluding tert-OH is 1. The van der Waals surface area contributed by atoms with Gasteiger partial charge in [-0.05, 0) is 43.9 Å². The van der Waals surface area contributed by atoms with Crippen molar-refractivity contribution in [2.45, 2.75) is 43.9 Å². The first kappa shape index (κ1) is 29.3. The summed E-state index contributed by atoms with van der Waals surface area (Å²) in [4.78, 5) is 14.7. The monoisotopic (exact) mass is 636 g/mol. The van der Waals surface area contributed by atoms with Gasteiger partial charge in [-0.15, -0.1) is 0 Å². The smallest absolute Gasteiger partial charge is 0.417 e. The van der Waals surface area contributed by atoms with Gasteiger partial charge in [-0.2, -0.15) is 23.1 Å². The molecule has 5 heterocycles. The van der Waals surface area contributed by atoms with Gasteiger partial charge in [-0.3, -0.25) is 0 Å². The van der Waals surface area contributed by atoms with Crippen molar-refractivity contribution in [1.82, 2.24) is 20.3 Å². The Morgan fingerprint density at radius 1 is 1.09 bits per heavy atom.